The minimum Gasteiger partial charge on any atom is -0.390 e. The number of imidazole rings is 1. The maximum Gasteiger partial charge on any atom is 0.279 e. The summed E-state index contributed by atoms with van der Waals surface area (Å²) in [5, 5.41) is 10.4. The van der Waals surface area contributed by atoms with E-state index in [4.69, 9.17) is 4.98 Å². The van der Waals surface area contributed by atoms with Crippen LogP contribution in [0.1, 0.15) is 19.2 Å². The van der Waals surface area contributed by atoms with Gasteiger partial charge in [0.25, 0.3) is 10.2 Å². The molecule has 1 aromatic heterocycles. The van der Waals surface area contributed by atoms with Crippen molar-refractivity contribution in [2.45, 2.75) is 38.6 Å². The average Bonchev–Trinajstić information content (AvgIpc) is 2.94. The van der Waals surface area contributed by atoms with Gasteiger partial charge in [0.1, 0.15) is 5.82 Å². The molecule has 2 atom stereocenters. The van der Waals surface area contributed by atoms with Gasteiger partial charge in [0.15, 0.2) is 0 Å². The van der Waals surface area contributed by atoms with Crippen LogP contribution in [0, 0.1) is 0 Å². The zero-order valence-corrected chi connectivity index (χ0v) is 16.3. The minimum atomic E-state index is -3.55. The fourth-order valence-electron chi connectivity index (χ4n) is 3.37. The number of aliphatic hydroxyl groups excluding tert-OH is 1. The SMILES string of the molecule is CCn1c(CN2CC[C@@H](NS(=O)(=O)N(C)C)[C@H](O)C2)nc2ccccc21. The van der Waals surface area contributed by atoms with E-state index in [1.807, 2.05) is 18.2 Å². The van der Waals surface area contributed by atoms with Gasteiger partial charge in [-0.1, -0.05) is 12.1 Å². The third-order valence-corrected chi connectivity index (χ3v) is 6.42. The molecule has 0 unspecified atom stereocenters. The van der Waals surface area contributed by atoms with Gasteiger partial charge in [-0.05, 0) is 25.5 Å². The lowest BCUT2D eigenvalue weighted by molar-refractivity contribution is 0.0426. The third-order valence-electron chi connectivity index (χ3n) is 4.86. The van der Waals surface area contributed by atoms with Crippen LogP contribution in [0.2, 0.25) is 0 Å². The molecular weight excluding hydrogens is 354 g/mol. The molecule has 0 radical (unpaired) electrons. The van der Waals surface area contributed by atoms with Crippen molar-refractivity contribution < 1.29 is 13.5 Å². The van der Waals surface area contributed by atoms with Gasteiger partial charge in [0.05, 0.1) is 29.7 Å². The molecule has 1 aliphatic rings. The number of likely N-dealkylation sites (tertiary alicyclic amines) is 1. The van der Waals surface area contributed by atoms with Crippen molar-refractivity contribution in [3.05, 3.63) is 30.1 Å². The molecule has 1 aromatic carbocycles. The predicted octanol–water partition coefficient (Wildman–Crippen LogP) is 0.387. The first-order valence-electron chi connectivity index (χ1n) is 8.86. The first-order chi connectivity index (χ1) is 12.3. The topological polar surface area (TPSA) is 90.7 Å². The lowest BCUT2D eigenvalue weighted by Gasteiger charge is -2.36. The summed E-state index contributed by atoms with van der Waals surface area (Å²) in [5.74, 6) is 0.966. The number of nitrogens with zero attached hydrogens (tertiary/aromatic N) is 4. The number of hydrogen-bond donors (Lipinski definition) is 2. The van der Waals surface area contributed by atoms with Gasteiger partial charge in [0.2, 0.25) is 0 Å². The summed E-state index contributed by atoms with van der Waals surface area (Å²) < 4.78 is 29.8. The van der Waals surface area contributed by atoms with E-state index in [1.54, 1.807) is 0 Å². The monoisotopic (exact) mass is 381 g/mol. The molecule has 144 valence electrons. The Balaban J connectivity index is 1.69. The standard InChI is InChI=1S/C17H27N5O3S/c1-4-22-15-8-6-5-7-13(15)18-17(22)12-21-10-9-14(16(23)11-21)19-26(24,25)20(2)3/h5-8,14,16,19,23H,4,9-12H2,1-3H3/t14-,16-/m1/s1. The van der Waals surface area contributed by atoms with Crippen molar-refractivity contribution >= 4 is 21.2 Å². The van der Waals surface area contributed by atoms with Crippen LogP contribution in [-0.4, -0.2) is 71.6 Å². The molecule has 0 saturated carbocycles. The summed E-state index contributed by atoms with van der Waals surface area (Å²) in [6.45, 7) is 4.66. The normalized spacial score (nSPS) is 22.3. The summed E-state index contributed by atoms with van der Waals surface area (Å²) in [4.78, 5) is 6.85. The van der Waals surface area contributed by atoms with E-state index in [0.717, 1.165) is 27.7 Å². The smallest absolute Gasteiger partial charge is 0.279 e. The first kappa shape index (κ1) is 19.2. The molecule has 26 heavy (non-hydrogen) atoms. The highest BCUT2D eigenvalue weighted by atomic mass is 32.2. The lowest BCUT2D eigenvalue weighted by atomic mass is 10.0. The van der Waals surface area contributed by atoms with E-state index in [-0.39, 0.29) is 0 Å². The van der Waals surface area contributed by atoms with Crippen LogP contribution < -0.4 is 4.72 Å². The maximum atomic E-state index is 12.0. The van der Waals surface area contributed by atoms with Crippen LogP contribution in [0.25, 0.3) is 11.0 Å². The van der Waals surface area contributed by atoms with Crippen molar-refractivity contribution in [1.82, 2.24) is 23.5 Å². The molecule has 1 aliphatic heterocycles. The van der Waals surface area contributed by atoms with Crippen LogP contribution in [0.3, 0.4) is 0 Å². The number of nitrogens with one attached hydrogen (secondary N) is 1. The van der Waals surface area contributed by atoms with Gasteiger partial charge in [-0.15, -0.1) is 0 Å². The van der Waals surface area contributed by atoms with E-state index in [2.05, 4.69) is 27.2 Å². The number of aromatic nitrogens is 2. The lowest BCUT2D eigenvalue weighted by Crippen LogP contribution is -2.55. The molecule has 2 N–H and O–H groups in total. The molecule has 2 aromatic rings. The number of fused-ring (bicyclic) bond motifs is 1. The quantitative estimate of drug-likeness (QED) is 0.755. The molecule has 8 nitrogen and oxygen atoms in total. The fraction of sp³-hybridized carbons (Fsp3) is 0.588. The summed E-state index contributed by atoms with van der Waals surface area (Å²) in [6, 6.07) is 7.58. The van der Waals surface area contributed by atoms with Gasteiger partial charge in [0, 0.05) is 33.7 Å². The van der Waals surface area contributed by atoms with Gasteiger partial charge < -0.3 is 9.67 Å². The second kappa shape index (κ2) is 7.61. The molecule has 0 amide bonds. The van der Waals surface area contributed by atoms with Crippen molar-refractivity contribution in [2.75, 3.05) is 27.2 Å². The van der Waals surface area contributed by atoms with E-state index in [9.17, 15) is 13.5 Å². The largest absolute Gasteiger partial charge is 0.390 e. The molecule has 9 heteroatoms. The zero-order valence-electron chi connectivity index (χ0n) is 15.5. The Morgan fingerprint density at radius 2 is 2.08 bits per heavy atom. The summed E-state index contributed by atoms with van der Waals surface area (Å²) in [6.07, 6.45) is -0.196. The fourth-order valence-corrected chi connectivity index (χ4v) is 4.24. The Kier molecular flexibility index (Phi) is 5.64. The summed E-state index contributed by atoms with van der Waals surface area (Å²) in [7, 11) is -0.604. The second-order valence-corrected chi connectivity index (χ2v) is 8.78. The van der Waals surface area contributed by atoms with Crippen molar-refractivity contribution in [2.24, 2.45) is 0 Å². The number of benzene rings is 1. The van der Waals surface area contributed by atoms with E-state index in [1.165, 1.54) is 14.1 Å². The van der Waals surface area contributed by atoms with Crippen LogP contribution in [0.15, 0.2) is 24.3 Å². The molecule has 2 heterocycles. The number of aliphatic hydroxyl groups is 1. The molecular formula is C17H27N5O3S. The number of piperidine rings is 1. The predicted molar refractivity (Wildman–Crippen MR) is 101 cm³/mol. The highest BCUT2D eigenvalue weighted by molar-refractivity contribution is 7.87. The Labute approximate surface area is 154 Å². The van der Waals surface area contributed by atoms with E-state index in [0.29, 0.717) is 26.1 Å². The van der Waals surface area contributed by atoms with Gasteiger partial charge in [-0.3, -0.25) is 4.90 Å². The Morgan fingerprint density at radius 1 is 1.35 bits per heavy atom. The zero-order chi connectivity index (χ0) is 18.9. The van der Waals surface area contributed by atoms with Crippen molar-refractivity contribution in [3.63, 3.8) is 0 Å². The average molecular weight is 382 g/mol. The number of β-amino-alcohol motifs (C(OH)–C–C–N with tert-alkyl or cyclic N) is 1. The highest BCUT2D eigenvalue weighted by Gasteiger charge is 2.32. The number of rotatable bonds is 6. The van der Waals surface area contributed by atoms with Gasteiger partial charge in [-0.25, -0.2) is 4.98 Å². The van der Waals surface area contributed by atoms with Crippen LogP contribution in [0.4, 0.5) is 0 Å². The molecule has 1 fully saturated rings. The molecule has 1 saturated heterocycles. The van der Waals surface area contributed by atoms with E-state index >= 15 is 0 Å². The molecule has 0 aliphatic carbocycles. The Morgan fingerprint density at radius 3 is 2.73 bits per heavy atom. The second-order valence-electron chi connectivity index (χ2n) is 6.86. The van der Waals surface area contributed by atoms with Crippen molar-refractivity contribution in [1.29, 1.82) is 0 Å². The van der Waals surface area contributed by atoms with E-state index < -0.39 is 22.4 Å². The van der Waals surface area contributed by atoms with Gasteiger partial charge in [-0.2, -0.15) is 17.4 Å². The molecule has 0 spiro atoms. The highest BCUT2D eigenvalue weighted by Crippen LogP contribution is 2.20. The number of aryl methyl sites for hydroxylation is 1. The van der Waals surface area contributed by atoms with Crippen LogP contribution >= 0.6 is 0 Å². The Bertz CT molecular complexity index is 864. The number of hydrogen-bond acceptors (Lipinski definition) is 5. The first-order valence-corrected chi connectivity index (χ1v) is 10.3. The van der Waals surface area contributed by atoms with Crippen molar-refractivity contribution in [3.8, 4) is 0 Å². The number of para-hydroxylation sites is 2. The third kappa shape index (κ3) is 3.91. The summed E-state index contributed by atoms with van der Waals surface area (Å²) in [5.41, 5.74) is 2.08. The van der Waals surface area contributed by atoms with Crippen LogP contribution in [-0.2, 0) is 23.3 Å². The molecule has 3 rings (SSSR count). The minimum absolute atomic E-state index is 0.410. The molecule has 0 bridgehead atoms. The Hall–Kier alpha value is -1.52. The maximum absolute atomic E-state index is 12.0. The van der Waals surface area contributed by atoms with Crippen LogP contribution in [0.5, 0.6) is 0 Å². The van der Waals surface area contributed by atoms with Gasteiger partial charge >= 0.3 is 0 Å². The summed E-state index contributed by atoms with van der Waals surface area (Å²) >= 11 is 0.